The SMILES string of the molecule is Cl.OCC1OCCN(CCc2ccccc2)C1c1ccccc1. The second-order valence-electron chi connectivity index (χ2n) is 5.72. The van der Waals surface area contributed by atoms with Gasteiger partial charge in [-0.05, 0) is 17.5 Å². The van der Waals surface area contributed by atoms with Gasteiger partial charge in [-0.25, -0.2) is 0 Å². The van der Waals surface area contributed by atoms with Crippen LogP contribution in [0.2, 0.25) is 0 Å². The predicted octanol–water partition coefficient (Wildman–Crippen LogP) is 3.09. The van der Waals surface area contributed by atoms with E-state index in [-0.39, 0.29) is 31.2 Å². The van der Waals surface area contributed by atoms with Crippen molar-refractivity contribution in [2.45, 2.75) is 18.6 Å². The van der Waals surface area contributed by atoms with Gasteiger partial charge >= 0.3 is 0 Å². The summed E-state index contributed by atoms with van der Waals surface area (Å²) in [5.74, 6) is 0. The van der Waals surface area contributed by atoms with Crippen LogP contribution in [0, 0.1) is 0 Å². The van der Waals surface area contributed by atoms with Gasteiger partial charge in [0.1, 0.15) is 6.10 Å². The van der Waals surface area contributed by atoms with Gasteiger partial charge in [0.15, 0.2) is 0 Å². The van der Waals surface area contributed by atoms with Gasteiger partial charge < -0.3 is 9.84 Å². The van der Waals surface area contributed by atoms with Crippen molar-refractivity contribution in [3.05, 3.63) is 71.8 Å². The van der Waals surface area contributed by atoms with Crippen molar-refractivity contribution >= 4 is 12.4 Å². The fourth-order valence-electron chi connectivity index (χ4n) is 3.18. The highest BCUT2D eigenvalue weighted by molar-refractivity contribution is 5.85. The van der Waals surface area contributed by atoms with Crippen LogP contribution in [0.25, 0.3) is 0 Å². The molecule has 2 aromatic carbocycles. The first kappa shape index (κ1) is 18.0. The Labute approximate surface area is 144 Å². The van der Waals surface area contributed by atoms with Crippen molar-refractivity contribution in [2.75, 3.05) is 26.3 Å². The highest BCUT2D eigenvalue weighted by Gasteiger charge is 2.32. The first-order chi connectivity index (χ1) is 10.9. The van der Waals surface area contributed by atoms with Crippen LogP contribution in [0.5, 0.6) is 0 Å². The van der Waals surface area contributed by atoms with Gasteiger partial charge in [0.25, 0.3) is 0 Å². The predicted molar refractivity (Wildman–Crippen MR) is 95.0 cm³/mol. The molecule has 1 aliphatic heterocycles. The van der Waals surface area contributed by atoms with E-state index in [0.29, 0.717) is 6.61 Å². The van der Waals surface area contributed by atoms with Gasteiger partial charge in [-0.15, -0.1) is 12.4 Å². The lowest BCUT2D eigenvalue weighted by Crippen LogP contribution is -2.47. The summed E-state index contributed by atoms with van der Waals surface area (Å²) in [6.45, 7) is 2.62. The molecule has 0 saturated carbocycles. The highest BCUT2D eigenvalue weighted by Crippen LogP contribution is 2.29. The fourth-order valence-corrected chi connectivity index (χ4v) is 3.18. The standard InChI is InChI=1S/C19H23NO2.ClH/c21-15-18-19(17-9-5-2-6-10-17)20(13-14-22-18)12-11-16-7-3-1-4-8-16;/h1-10,18-19,21H,11-15H2;1H. The van der Waals surface area contributed by atoms with E-state index >= 15 is 0 Å². The third-order valence-electron chi connectivity index (χ3n) is 4.31. The number of rotatable bonds is 5. The molecule has 0 bridgehead atoms. The van der Waals surface area contributed by atoms with Crippen LogP contribution < -0.4 is 0 Å². The van der Waals surface area contributed by atoms with Crippen molar-refractivity contribution < 1.29 is 9.84 Å². The number of aliphatic hydroxyl groups is 1. The summed E-state index contributed by atoms with van der Waals surface area (Å²) >= 11 is 0. The zero-order valence-electron chi connectivity index (χ0n) is 13.2. The topological polar surface area (TPSA) is 32.7 Å². The van der Waals surface area contributed by atoms with E-state index in [2.05, 4.69) is 41.3 Å². The minimum Gasteiger partial charge on any atom is -0.394 e. The van der Waals surface area contributed by atoms with E-state index in [1.165, 1.54) is 11.1 Å². The Balaban J connectivity index is 0.00000192. The molecule has 3 nitrogen and oxygen atoms in total. The Morgan fingerprint density at radius 2 is 1.65 bits per heavy atom. The summed E-state index contributed by atoms with van der Waals surface area (Å²) in [6.07, 6.45) is 0.870. The molecule has 2 unspecified atom stereocenters. The Kier molecular flexibility index (Phi) is 7.06. The lowest BCUT2D eigenvalue weighted by atomic mass is 9.97. The van der Waals surface area contributed by atoms with Crippen molar-refractivity contribution in [2.24, 2.45) is 0 Å². The molecule has 4 heteroatoms. The molecule has 1 aliphatic rings. The zero-order chi connectivity index (χ0) is 15.2. The van der Waals surface area contributed by atoms with Crippen LogP contribution in [-0.4, -0.2) is 42.4 Å². The first-order valence-corrected chi connectivity index (χ1v) is 7.94. The molecule has 23 heavy (non-hydrogen) atoms. The lowest BCUT2D eigenvalue weighted by molar-refractivity contribution is -0.0927. The monoisotopic (exact) mass is 333 g/mol. The van der Waals surface area contributed by atoms with Gasteiger partial charge in [0.05, 0.1) is 19.3 Å². The fraction of sp³-hybridized carbons (Fsp3) is 0.368. The molecule has 0 radical (unpaired) electrons. The Bertz CT molecular complexity index is 564. The molecule has 2 aromatic rings. The number of ether oxygens (including phenoxy) is 1. The van der Waals surface area contributed by atoms with Crippen LogP contribution >= 0.6 is 12.4 Å². The van der Waals surface area contributed by atoms with E-state index in [1.807, 2.05) is 24.3 Å². The van der Waals surface area contributed by atoms with E-state index < -0.39 is 0 Å². The summed E-state index contributed by atoms with van der Waals surface area (Å²) in [7, 11) is 0. The first-order valence-electron chi connectivity index (χ1n) is 7.94. The normalized spacial score (nSPS) is 21.6. The van der Waals surface area contributed by atoms with Gasteiger partial charge in [-0.1, -0.05) is 60.7 Å². The number of benzene rings is 2. The maximum Gasteiger partial charge on any atom is 0.100 e. The average Bonchev–Trinajstić information content (AvgIpc) is 2.61. The molecule has 0 aliphatic carbocycles. The molecular weight excluding hydrogens is 310 g/mol. The molecular formula is C19H24ClNO2. The van der Waals surface area contributed by atoms with Gasteiger partial charge in [0.2, 0.25) is 0 Å². The van der Waals surface area contributed by atoms with E-state index in [4.69, 9.17) is 4.74 Å². The van der Waals surface area contributed by atoms with Crippen LogP contribution in [0.15, 0.2) is 60.7 Å². The molecule has 1 N–H and O–H groups in total. The van der Waals surface area contributed by atoms with Crippen molar-refractivity contribution in [3.63, 3.8) is 0 Å². The van der Waals surface area contributed by atoms with Crippen molar-refractivity contribution in [1.82, 2.24) is 4.90 Å². The zero-order valence-corrected chi connectivity index (χ0v) is 14.0. The molecule has 2 atom stereocenters. The van der Waals surface area contributed by atoms with Crippen LogP contribution in [0.4, 0.5) is 0 Å². The number of aliphatic hydroxyl groups excluding tert-OH is 1. The summed E-state index contributed by atoms with van der Waals surface area (Å²) in [5, 5.41) is 9.67. The number of halogens is 1. The molecule has 0 aromatic heterocycles. The van der Waals surface area contributed by atoms with E-state index in [1.54, 1.807) is 0 Å². The number of hydrogen-bond acceptors (Lipinski definition) is 3. The Hall–Kier alpha value is -1.39. The minimum atomic E-state index is -0.146. The van der Waals surface area contributed by atoms with Gasteiger partial charge in [0, 0.05) is 13.1 Å². The quantitative estimate of drug-likeness (QED) is 0.912. The van der Waals surface area contributed by atoms with Crippen molar-refractivity contribution in [3.8, 4) is 0 Å². The summed E-state index contributed by atoms with van der Waals surface area (Å²) < 4.78 is 5.78. The molecule has 3 rings (SSSR count). The maximum atomic E-state index is 9.67. The third kappa shape index (κ3) is 4.55. The second-order valence-corrected chi connectivity index (χ2v) is 5.72. The minimum absolute atomic E-state index is 0. The molecule has 1 fully saturated rings. The number of morpholine rings is 1. The van der Waals surface area contributed by atoms with Gasteiger partial charge in [-0.3, -0.25) is 4.90 Å². The lowest BCUT2D eigenvalue weighted by Gasteiger charge is -2.41. The Morgan fingerprint density at radius 1 is 1.00 bits per heavy atom. The van der Waals surface area contributed by atoms with E-state index in [0.717, 1.165) is 19.5 Å². The average molecular weight is 334 g/mol. The molecule has 0 spiro atoms. The highest BCUT2D eigenvalue weighted by atomic mass is 35.5. The third-order valence-corrected chi connectivity index (χ3v) is 4.31. The molecule has 124 valence electrons. The molecule has 1 heterocycles. The van der Waals surface area contributed by atoms with Gasteiger partial charge in [-0.2, -0.15) is 0 Å². The molecule has 0 amide bonds. The van der Waals surface area contributed by atoms with Crippen molar-refractivity contribution in [1.29, 1.82) is 0 Å². The number of nitrogens with zero attached hydrogens (tertiary/aromatic N) is 1. The summed E-state index contributed by atoms with van der Waals surface area (Å²) in [4.78, 5) is 2.44. The summed E-state index contributed by atoms with van der Waals surface area (Å²) in [6, 6.07) is 21.0. The second kappa shape index (κ2) is 9.04. The van der Waals surface area contributed by atoms with Crippen LogP contribution in [0.1, 0.15) is 17.2 Å². The smallest absolute Gasteiger partial charge is 0.100 e. The van der Waals surface area contributed by atoms with Crippen LogP contribution in [-0.2, 0) is 11.2 Å². The largest absolute Gasteiger partial charge is 0.394 e. The van der Waals surface area contributed by atoms with Crippen LogP contribution in [0.3, 0.4) is 0 Å². The Morgan fingerprint density at radius 3 is 2.30 bits per heavy atom. The summed E-state index contributed by atoms with van der Waals surface area (Å²) in [5.41, 5.74) is 2.57. The molecule has 1 saturated heterocycles. The number of hydrogen-bond donors (Lipinski definition) is 1. The maximum absolute atomic E-state index is 9.67. The van der Waals surface area contributed by atoms with E-state index in [9.17, 15) is 5.11 Å².